The monoisotopic (exact) mass is 393 g/mol. The second-order valence-corrected chi connectivity index (χ2v) is 9.13. The van der Waals surface area contributed by atoms with Crippen molar-refractivity contribution < 1.29 is 18.0 Å². The van der Waals surface area contributed by atoms with E-state index in [1.165, 1.54) is 10.7 Å². The van der Waals surface area contributed by atoms with Gasteiger partial charge in [-0.05, 0) is 37.8 Å². The van der Waals surface area contributed by atoms with Gasteiger partial charge in [0, 0.05) is 25.2 Å². The zero-order valence-electron chi connectivity index (χ0n) is 15.4. The Bertz CT molecular complexity index is 760. The van der Waals surface area contributed by atoms with Gasteiger partial charge in [-0.2, -0.15) is 4.31 Å². The summed E-state index contributed by atoms with van der Waals surface area (Å²) in [6.45, 7) is 0.565. The molecule has 0 aromatic heterocycles. The van der Waals surface area contributed by atoms with Crippen molar-refractivity contribution >= 4 is 21.8 Å². The average molecular weight is 394 g/mol. The third kappa shape index (κ3) is 4.87. The first-order valence-electron chi connectivity index (χ1n) is 9.64. The molecule has 1 aromatic rings. The van der Waals surface area contributed by atoms with Crippen molar-refractivity contribution in [2.75, 3.05) is 13.1 Å². The lowest BCUT2D eigenvalue weighted by Gasteiger charge is -2.25. The van der Waals surface area contributed by atoms with Gasteiger partial charge in [0.05, 0.1) is 4.90 Å². The smallest absolute Gasteiger partial charge is 0.309 e. The molecule has 2 N–H and O–H groups in total. The van der Waals surface area contributed by atoms with Gasteiger partial charge in [0.15, 0.2) is 0 Å². The van der Waals surface area contributed by atoms with Gasteiger partial charge in [-0.1, -0.05) is 37.5 Å². The minimum absolute atomic E-state index is 0.0680. The standard InChI is InChI=1S/C19H27N3O4S/c23-18(19(24)21-15-8-3-1-4-9-15)20-14-16-10-7-13-22(16)27(25,26)17-11-5-2-6-12-17/h2,5-6,11-12,15-16H,1,3-4,7-10,13-14H2,(H,20,23)(H,21,24). The maximum atomic E-state index is 12.8. The Morgan fingerprint density at radius 3 is 2.37 bits per heavy atom. The molecule has 1 saturated carbocycles. The van der Waals surface area contributed by atoms with Crippen LogP contribution in [-0.4, -0.2) is 49.7 Å². The van der Waals surface area contributed by atoms with Gasteiger partial charge in [-0.25, -0.2) is 8.42 Å². The third-order valence-corrected chi connectivity index (χ3v) is 7.28. The highest BCUT2D eigenvalue weighted by molar-refractivity contribution is 7.89. The molecule has 1 aliphatic heterocycles. The number of rotatable bonds is 5. The molecule has 3 rings (SSSR count). The molecule has 1 heterocycles. The maximum Gasteiger partial charge on any atom is 0.309 e. The second-order valence-electron chi connectivity index (χ2n) is 7.24. The fraction of sp³-hybridized carbons (Fsp3) is 0.579. The Labute approximate surface area is 160 Å². The molecule has 0 radical (unpaired) electrons. The van der Waals surface area contributed by atoms with Gasteiger partial charge in [0.2, 0.25) is 10.0 Å². The van der Waals surface area contributed by atoms with E-state index in [-0.39, 0.29) is 23.5 Å². The number of hydrogen-bond donors (Lipinski definition) is 2. The predicted octanol–water partition coefficient (Wildman–Crippen LogP) is 1.40. The lowest BCUT2D eigenvalue weighted by Crippen LogP contribution is -2.49. The fourth-order valence-corrected chi connectivity index (χ4v) is 5.56. The molecule has 7 nitrogen and oxygen atoms in total. The molecular formula is C19H27N3O4S. The molecule has 27 heavy (non-hydrogen) atoms. The van der Waals surface area contributed by atoms with E-state index >= 15 is 0 Å². The van der Waals surface area contributed by atoms with Crippen LogP contribution in [0.5, 0.6) is 0 Å². The molecule has 8 heteroatoms. The zero-order valence-corrected chi connectivity index (χ0v) is 16.2. The number of nitrogens with one attached hydrogen (secondary N) is 2. The van der Waals surface area contributed by atoms with Crippen molar-refractivity contribution in [1.82, 2.24) is 14.9 Å². The number of nitrogens with zero attached hydrogens (tertiary/aromatic N) is 1. The van der Waals surface area contributed by atoms with E-state index in [9.17, 15) is 18.0 Å². The summed E-state index contributed by atoms with van der Waals surface area (Å²) in [5, 5.41) is 5.39. The summed E-state index contributed by atoms with van der Waals surface area (Å²) in [6, 6.07) is 8.03. The minimum Gasteiger partial charge on any atom is -0.346 e. The Hall–Kier alpha value is -1.93. The first kappa shape index (κ1) is 19.8. The molecule has 1 aromatic carbocycles. The molecule has 1 saturated heterocycles. The molecule has 1 atom stereocenters. The Kier molecular flexibility index (Phi) is 6.49. The van der Waals surface area contributed by atoms with E-state index in [0.717, 1.165) is 32.1 Å². The van der Waals surface area contributed by atoms with Crippen molar-refractivity contribution in [3.63, 3.8) is 0 Å². The lowest BCUT2D eigenvalue weighted by atomic mass is 9.95. The summed E-state index contributed by atoms with van der Waals surface area (Å²) in [4.78, 5) is 24.4. The van der Waals surface area contributed by atoms with Gasteiger partial charge >= 0.3 is 11.8 Å². The summed E-state index contributed by atoms with van der Waals surface area (Å²) < 4.78 is 27.1. The van der Waals surface area contributed by atoms with E-state index in [0.29, 0.717) is 13.0 Å². The van der Waals surface area contributed by atoms with Crippen molar-refractivity contribution in [3.8, 4) is 0 Å². The van der Waals surface area contributed by atoms with Crippen LogP contribution < -0.4 is 10.6 Å². The number of carbonyl (C=O) groups is 2. The average Bonchev–Trinajstić information content (AvgIpc) is 3.17. The number of hydrogen-bond acceptors (Lipinski definition) is 4. The van der Waals surface area contributed by atoms with Crippen LogP contribution in [0.15, 0.2) is 35.2 Å². The van der Waals surface area contributed by atoms with Gasteiger partial charge in [0.1, 0.15) is 0 Å². The highest BCUT2D eigenvalue weighted by Crippen LogP contribution is 2.25. The Balaban J connectivity index is 1.55. The topological polar surface area (TPSA) is 95.6 Å². The normalized spacial score (nSPS) is 21.7. The molecule has 0 bridgehead atoms. The second kappa shape index (κ2) is 8.84. The highest BCUT2D eigenvalue weighted by atomic mass is 32.2. The molecule has 148 valence electrons. The van der Waals surface area contributed by atoms with Crippen molar-refractivity contribution in [2.45, 2.75) is 61.9 Å². The van der Waals surface area contributed by atoms with Crippen LogP contribution in [0, 0.1) is 0 Å². The van der Waals surface area contributed by atoms with E-state index in [2.05, 4.69) is 10.6 Å². The van der Waals surface area contributed by atoms with Crippen LogP contribution in [0.25, 0.3) is 0 Å². The van der Waals surface area contributed by atoms with Crippen LogP contribution in [-0.2, 0) is 19.6 Å². The van der Waals surface area contributed by atoms with Crippen LogP contribution >= 0.6 is 0 Å². The van der Waals surface area contributed by atoms with Crippen LogP contribution in [0.4, 0.5) is 0 Å². The third-order valence-electron chi connectivity index (χ3n) is 5.32. The van der Waals surface area contributed by atoms with Crippen LogP contribution in [0.1, 0.15) is 44.9 Å². The molecule has 2 aliphatic rings. The van der Waals surface area contributed by atoms with Gasteiger partial charge in [-0.3, -0.25) is 9.59 Å². The fourth-order valence-electron chi connectivity index (χ4n) is 3.85. The van der Waals surface area contributed by atoms with Crippen molar-refractivity contribution in [2.24, 2.45) is 0 Å². The summed E-state index contributed by atoms with van der Waals surface area (Å²) in [6.07, 6.45) is 6.53. The van der Waals surface area contributed by atoms with Crippen molar-refractivity contribution in [3.05, 3.63) is 30.3 Å². The quantitative estimate of drug-likeness (QED) is 0.740. The maximum absolute atomic E-state index is 12.8. The summed E-state index contributed by atoms with van der Waals surface area (Å²) >= 11 is 0. The minimum atomic E-state index is -3.60. The van der Waals surface area contributed by atoms with E-state index < -0.39 is 21.8 Å². The van der Waals surface area contributed by atoms with E-state index in [1.807, 2.05) is 0 Å². The summed E-state index contributed by atoms with van der Waals surface area (Å²) in [7, 11) is -3.60. The van der Waals surface area contributed by atoms with Gasteiger partial charge < -0.3 is 10.6 Å². The Morgan fingerprint density at radius 2 is 1.67 bits per heavy atom. The molecule has 1 aliphatic carbocycles. The van der Waals surface area contributed by atoms with Crippen molar-refractivity contribution in [1.29, 1.82) is 0 Å². The summed E-state index contributed by atoms with van der Waals surface area (Å²) in [5.41, 5.74) is 0. The molecule has 2 fully saturated rings. The van der Waals surface area contributed by atoms with Crippen LogP contribution in [0.3, 0.4) is 0 Å². The van der Waals surface area contributed by atoms with Gasteiger partial charge in [0.25, 0.3) is 0 Å². The predicted molar refractivity (Wildman–Crippen MR) is 101 cm³/mol. The largest absolute Gasteiger partial charge is 0.346 e. The number of carbonyl (C=O) groups excluding carboxylic acids is 2. The first-order valence-corrected chi connectivity index (χ1v) is 11.1. The molecule has 1 unspecified atom stereocenters. The van der Waals surface area contributed by atoms with E-state index in [4.69, 9.17) is 0 Å². The Morgan fingerprint density at radius 1 is 0.963 bits per heavy atom. The lowest BCUT2D eigenvalue weighted by molar-refractivity contribution is -0.139. The zero-order chi connectivity index (χ0) is 19.3. The van der Waals surface area contributed by atoms with Crippen LogP contribution in [0.2, 0.25) is 0 Å². The number of amides is 2. The van der Waals surface area contributed by atoms with Gasteiger partial charge in [-0.15, -0.1) is 0 Å². The summed E-state index contributed by atoms with van der Waals surface area (Å²) in [5.74, 6) is -1.32. The van der Waals surface area contributed by atoms with E-state index in [1.54, 1.807) is 30.3 Å². The molecule has 0 spiro atoms. The highest BCUT2D eigenvalue weighted by Gasteiger charge is 2.35. The first-order chi connectivity index (χ1) is 13.0. The number of benzene rings is 1. The number of sulfonamides is 1. The SMILES string of the molecule is O=C(NCC1CCCN1S(=O)(=O)c1ccccc1)C(=O)NC1CCCCC1. The molecule has 2 amide bonds. The molecular weight excluding hydrogens is 366 g/mol.